The second-order valence-electron chi connectivity index (χ2n) is 5.85. The number of halogens is 1. The number of nitrogens with one attached hydrogen (secondary N) is 1. The first-order valence-corrected chi connectivity index (χ1v) is 8.15. The highest BCUT2D eigenvalue weighted by atomic mass is 19.1. The fourth-order valence-electron chi connectivity index (χ4n) is 3.00. The molecule has 0 unspecified atom stereocenters. The molecule has 1 saturated heterocycles. The molecular weight excluding hydrogens is 291 g/mol. The third kappa shape index (κ3) is 3.70. The van der Waals surface area contributed by atoms with Gasteiger partial charge in [0, 0.05) is 13.1 Å². The standard InChI is InChI=1S/C19H21FN2O/c20-16-10-4-3-9-15(16)19(23)21-17-11-5-6-12-18(17)22-13-7-1-2-8-14-22/h3-6,9-12H,1-2,7-8,13-14H2,(H,21,23). The molecule has 0 aliphatic carbocycles. The molecule has 4 heteroatoms. The van der Waals surface area contributed by atoms with Crippen molar-refractivity contribution in [2.24, 2.45) is 0 Å². The van der Waals surface area contributed by atoms with Crippen LogP contribution in [0, 0.1) is 5.82 Å². The summed E-state index contributed by atoms with van der Waals surface area (Å²) in [6, 6.07) is 13.8. The van der Waals surface area contributed by atoms with Crippen LogP contribution in [0.2, 0.25) is 0 Å². The zero-order valence-electron chi connectivity index (χ0n) is 13.1. The maximum absolute atomic E-state index is 13.8. The van der Waals surface area contributed by atoms with Gasteiger partial charge in [-0.2, -0.15) is 0 Å². The Kier molecular flexibility index (Phi) is 4.91. The Labute approximate surface area is 136 Å². The predicted octanol–water partition coefficient (Wildman–Crippen LogP) is 4.46. The molecule has 23 heavy (non-hydrogen) atoms. The van der Waals surface area contributed by atoms with E-state index in [1.807, 2.05) is 24.3 Å². The van der Waals surface area contributed by atoms with E-state index in [-0.39, 0.29) is 5.56 Å². The van der Waals surface area contributed by atoms with Crippen LogP contribution in [-0.4, -0.2) is 19.0 Å². The Hall–Kier alpha value is -2.36. The minimum absolute atomic E-state index is 0.0677. The van der Waals surface area contributed by atoms with Crippen molar-refractivity contribution in [2.75, 3.05) is 23.3 Å². The minimum Gasteiger partial charge on any atom is -0.370 e. The lowest BCUT2D eigenvalue weighted by molar-refractivity contribution is 0.102. The van der Waals surface area contributed by atoms with Gasteiger partial charge in [-0.25, -0.2) is 4.39 Å². The molecule has 0 saturated carbocycles. The Bertz CT molecular complexity index is 679. The van der Waals surface area contributed by atoms with Crippen LogP contribution in [0.4, 0.5) is 15.8 Å². The molecule has 1 N–H and O–H groups in total. The highest BCUT2D eigenvalue weighted by molar-refractivity contribution is 6.06. The lowest BCUT2D eigenvalue weighted by atomic mass is 10.1. The number of nitrogens with zero attached hydrogens (tertiary/aromatic N) is 1. The molecule has 0 bridgehead atoms. The number of hydrogen-bond acceptors (Lipinski definition) is 2. The Balaban J connectivity index is 1.83. The van der Waals surface area contributed by atoms with Crippen molar-refractivity contribution in [3.8, 4) is 0 Å². The van der Waals surface area contributed by atoms with Crippen LogP contribution in [-0.2, 0) is 0 Å². The zero-order valence-corrected chi connectivity index (χ0v) is 13.1. The van der Waals surface area contributed by atoms with Gasteiger partial charge in [0.1, 0.15) is 5.82 Å². The largest absolute Gasteiger partial charge is 0.370 e. The van der Waals surface area contributed by atoms with Gasteiger partial charge in [-0.3, -0.25) is 4.79 Å². The smallest absolute Gasteiger partial charge is 0.258 e. The first-order chi connectivity index (χ1) is 11.3. The molecule has 3 nitrogen and oxygen atoms in total. The molecule has 1 aliphatic rings. The summed E-state index contributed by atoms with van der Waals surface area (Å²) in [5.74, 6) is -0.914. The van der Waals surface area contributed by atoms with Gasteiger partial charge in [0.15, 0.2) is 0 Å². The van der Waals surface area contributed by atoms with Crippen LogP contribution >= 0.6 is 0 Å². The van der Waals surface area contributed by atoms with Gasteiger partial charge in [-0.05, 0) is 37.1 Å². The fourth-order valence-corrected chi connectivity index (χ4v) is 3.00. The van der Waals surface area contributed by atoms with E-state index in [1.165, 1.54) is 25.0 Å². The first kappa shape index (κ1) is 15.5. The number of hydrogen-bond donors (Lipinski definition) is 1. The third-order valence-corrected chi connectivity index (χ3v) is 4.22. The second-order valence-corrected chi connectivity index (χ2v) is 5.85. The van der Waals surface area contributed by atoms with E-state index in [2.05, 4.69) is 10.2 Å². The van der Waals surface area contributed by atoms with E-state index in [1.54, 1.807) is 12.1 Å². The maximum Gasteiger partial charge on any atom is 0.258 e. The Morgan fingerprint density at radius 2 is 1.57 bits per heavy atom. The number of amides is 1. The average molecular weight is 312 g/mol. The second kappa shape index (κ2) is 7.27. The molecule has 3 rings (SSSR count). The van der Waals surface area contributed by atoms with E-state index in [9.17, 15) is 9.18 Å². The SMILES string of the molecule is O=C(Nc1ccccc1N1CCCCCC1)c1ccccc1F. The summed E-state index contributed by atoms with van der Waals surface area (Å²) >= 11 is 0. The number of benzene rings is 2. The van der Waals surface area contributed by atoms with Crippen LogP contribution in [0.25, 0.3) is 0 Å². The van der Waals surface area contributed by atoms with Crippen molar-refractivity contribution >= 4 is 17.3 Å². The Morgan fingerprint density at radius 1 is 0.913 bits per heavy atom. The van der Waals surface area contributed by atoms with E-state index >= 15 is 0 Å². The molecule has 0 radical (unpaired) electrons. The molecule has 0 spiro atoms. The monoisotopic (exact) mass is 312 g/mol. The fraction of sp³-hybridized carbons (Fsp3) is 0.316. The van der Waals surface area contributed by atoms with E-state index < -0.39 is 11.7 Å². The van der Waals surface area contributed by atoms with Gasteiger partial charge in [-0.1, -0.05) is 37.1 Å². The topological polar surface area (TPSA) is 32.3 Å². The van der Waals surface area contributed by atoms with Crippen molar-refractivity contribution in [2.45, 2.75) is 25.7 Å². The van der Waals surface area contributed by atoms with Crippen LogP contribution in [0.3, 0.4) is 0 Å². The van der Waals surface area contributed by atoms with Crippen LogP contribution in [0.1, 0.15) is 36.0 Å². The number of carbonyl (C=O) groups excluding carboxylic acids is 1. The number of rotatable bonds is 3. The summed E-state index contributed by atoms with van der Waals surface area (Å²) in [5, 5.41) is 2.86. The predicted molar refractivity (Wildman–Crippen MR) is 91.5 cm³/mol. The normalized spacial score (nSPS) is 15.1. The van der Waals surface area contributed by atoms with Gasteiger partial charge in [0.2, 0.25) is 0 Å². The van der Waals surface area contributed by atoms with Crippen molar-refractivity contribution in [1.29, 1.82) is 0 Å². The summed E-state index contributed by atoms with van der Waals surface area (Å²) in [7, 11) is 0. The van der Waals surface area contributed by atoms with E-state index in [0.717, 1.165) is 37.3 Å². The number of para-hydroxylation sites is 2. The van der Waals surface area contributed by atoms with Gasteiger partial charge < -0.3 is 10.2 Å². The molecule has 2 aromatic carbocycles. The highest BCUT2D eigenvalue weighted by Crippen LogP contribution is 2.28. The number of anilines is 2. The molecule has 1 amide bonds. The maximum atomic E-state index is 13.8. The van der Waals surface area contributed by atoms with E-state index in [0.29, 0.717) is 0 Å². The molecule has 0 aromatic heterocycles. The van der Waals surface area contributed by atoms with Gasteiger partial charge >= 0.3 is 0 Å². The molecule has 1 heterocycles. The van der Waals surface area contributed by atoms with Crippen molar-refractivity contribution in [3.63, 3.8) is 0 Å². The van der Waals surface area contributed by atoms with Crippen LogP contribution in [0.5, 0.6) is 0 Å². The summed E-state index contributed by atoms with van der Waals surface area (Å²) < 4.78 is 13.8. The first-order valence-electron chi connectivity index (χ1n) is 8.15. The Morgan fingerprint density at radius 3 is 2.30 bits per heavy atom. The molecule has 2 aromatic rings. The molecule has 1 fully saturated rings. The third-order valence-electron chi connectivity index (χ3n) is 4.22. The summed E-state index contributed by atoms with van der Waals surface area (Å²) in [6.07, 6.45) is 4.83. The van der Waals surface area contributed by atoms with Crippen LogP contribution < -0.4 is 10.2 Å². The summed E-state index contributed by atoms with van der Waals surface area (Å²) in [5.41, 5.74) is 1.82. The summed E-state index contributed by atoms with van der Waals surface area (Å²) in [4.78, 5) is 14.7. The van der Waals surface area contributed by atoms with Crippen molar-refractivity contribution in [3.05, 3.63) is 59.9 Å². The quantitative estimate of drug-likeness (QED) is 0.907. The van der Waals surface area contributed by atoms with Gasteiger partial charge in [0.05, 0.1) is 16.9 Å². The zero-order chi connectivity index (χ0) is 16.1. The molecule has 1 aliphatic heterocycles. The minimum atomic E-state index is -0.503. The van der Waals surface area contributed by atoms with Crippen molar-refractivity contribution < 1.29 is 9.18 Å². The molecule has 0 atom stereocenters. The lowest BCUT2D eigenvalue weighted by Gasteiger charge is -2.25. The lowest BCUT2D eigenvalue weighted by Crippen LogP contribution is -2.25. The van der Waals surface area contributed by atoms with Gasteiger partial charge in [0.25, 0.3) is 5.91 Å². The number of carbonyl (C=O) groups is 1. The van der Waals surface area contributed by atoms with Crippen molar-refractivity contribution in [1.82, 2.24) is 0 Å². The summed E-state index contributed by atoms with van der Waals surface area (Å²) in [6.45, 7) is 1.99. The highest BCUT2D eigenvalue weighted by Gasteiger charge is 2.16. The van der Waals surface area contributed by atoms with E-state index in [4.69, 9.17) is 0 Å². The molecule has 120 valence electrons. The van der Waals surface area contributed by atoms with Crippen LogP contribution in [0.15, 0.2) is 48.5 Å². The molecular formula is C19H21FN2O. The van der Waals surface area contributed by atoms with Gasteiger partial charge in [-0.15, -0.1) is 0 Å². The average Bonchev–Trinajstić information content (AvgIpc) is 2.85.